The van der Waals surface area contributed by atoms with Crippen molar-refractivity contribution in [2.24, 2.45) is 0 Å². The number of hydrogen-bond acceptors (Lipinski definition) is 6. The Balaban J connectivity index is 2.15. The third-order valence-corrected chi connectivity index (χ3v) is 3.21. The Hall–Kier alpha value is -2.78. The van der Waals surface area contributed by atoms with Crippen LogP contribution < -0.4 is 5.32 Å². The van der Waals surface area contributed by atoms with Crippen LogP contribution in [0.25, 0.3) is 11.3 Å². The maximum Gasteiger partial charge on any atom is 0.269 e. The van der Waals surface area contributed by atoms with Crippen LogP contribution in [0, 0.1) is 10.1 Å². The number of methoxy groups -OCH3 is 2. The van der Waals surface area contributed by atoms with Crippen LogP contribution in [0.1, 0.15) is 10.4 Å². The molecule has 122 valence electrons. The number of aromatic nitrogens is 2. The van der Waals surface area contributed by atoms with Gasteiger partial charge in [0.25, 0.3) is 11.6 Å². The van der Waals surface area contributed by atoms with Gasteiger partial charge in [-0.05, 0) is 12.1 Å². The smallest absolute Gasteiger partial charge is 0.269 e. The van der Waals surface area contributed by atoms with Crippen molar-refractivity contribution in [3.63, 3.8) is 0 Å². The first kappa shape index (κ1) is 16.6. The topological polar surface area (TPSA) is 119 Å². The predicted molar refractivity (Wildman–Crippen MR) is 80.8 cm³/mol. The van der Waals surface area contributed by atoms with Gasteiger partial charge in [0.05, 0.1) is 28.9 Å². The lowest BCUT2D eigenvalue weighted by molar-refractivity contribution is -0.384. The van der Waals surface area contributed by atoms with E-state index in [4.69, 9.17) is 9.47 Å². The largest absolute Gasteiger partial charge is 0.354 e. The van der Waals surface area contributed by atoms with Crippen molar-refractivity contribution in [1.29, 1.82) is 0 Å². The predicted octanol–water partition coefficient (Wildman–Crippen LogP) is 1.33. The number of nitro groups is 1. The molecular weight excluding hydrogens is 304 g/mol. The highest BCUT2D eigenvalue weighted by molar-refractivity contribution is 5.99. The zero-order chi connectivity index (χ0) is 16.8. The summed E-state index contributed by atoms with van der Waals surface area (Å²) in [7, 11) is 2.95. The van der Waals surface area contributed by atoms with Crippen molar-refractivity contribution in [3.8, 4) is 11.3 Å². The number of H-pyrrole nitrogens is 1. The Labute approximate surface area is 131 Å². The summed E-state index contributed by atoms with van der Waals surface area (Å²) in [5, 5.41) is 19.9. The number of rotatable bonds is 7. The number of nitrogens with zero attached hydrogens (tertiary/aromatic N) is 2. The third kappa shape index (κ3) is 3.90. The molecule has 9 nitrogen and oxygen atoms in total. The molecule has 0 unspecified atom stereocenters. The summed E-state index contributed by atoms with van der Waals surface area (Å²) in [6, 6.07) is 5.83. The third-order valence-electron chi connectivity index (χ3n) is 3.21. The molecule has 1 heterocycles. The maximum absolute atomic E-state index is 12.2. The van der Waals surface area contributed by atoms with Crippen LogP contribution in [0.15, 0.2) is 30.5 Å². The van der Waals surface area contributed by atoms with Crippen molar-refractivity contribution in [3.05, 3.63) is 46.1 Å². The van der Waals surface area contributed by atoms with E-state index >= 15 is 0 Å². The lowest BCUT2D eigenvalue weighted by Gasteiger charge is -2.14. The molecule has 0 atom stereocenters. The molecule has 2 N–H and O–H groups in total. The molecule has 0 bridgehead atoms. The minimum atomic E-state index is -0.548. The molecular formula is C14H16N4O5. The van der Waals surface area contributed by atoms with E-state index in [1.54, 1.807) is 12.1 Å². The van der Waals surface area contributed by atoms with Crippen molar-refractivity contribution >= 4 is 11.6 Å². The molecule has 0 aliphatic heterocycles. The monoisotopic (exact) mass is 320 g/mol. The first-order valence-electron chi connectivity index (χ1n) is 6.68. The molecule has 9 heteroatoms. The van der Waals surface area contributed by atoms with Crippen molar-refractivity contribution in [2.75, 3.05) is 20.8 Å². The van der Waals surface area contributed by atoms with E-state index in [-0.39, 0.29) is 18.1 Å². The average molecular weight is 320 g/mol. The Morgan fingerprint density at radius 1 is 1.35 bits per heavy atom. The molecule has 1 amide bonds. The van der Waals surface area contributed by atoms with Crippen molar-refractivity contribution in [2.45, 2.75) is 6.29 Å². The molecule has 2 rings (SSSR count). The molecule has 1 aromatic carbocycles. The number of carbonyl (C=O) groups is 1. The van der Waals surface area contributed by atoms with Crippen LogP contribution in [0.2, 0.25) is 0 Å². The lowest BCUT2D eigenvalue weighted by Crippen LogP contribution is -2.34. The summed E-state index contributed by atoms with van der Waals surface area (Å²) in [6.07, 6.45) is 0.842. The van der Waals surface area contributed by atoms with Gasteiger partial charge in [-0.1, -0.05) is 0 Å². The Morgan fingerprint density at radius 3 is 2.57 bits per heavy atom. The SMILES string of the molecule is COC(CNC(=O)c1cn[nH]c1-c1ccc([N+](=O)[O-])cc1)OC. The maximum atomic E-state index is 12.2. The fraction of sp³-hybridized carbons (Fsp3) is 0.286. The van der Waals surface area contributed by atoms with E-state index in [0.29, 0.717) is 16.8 Å². The number of benzene rings is 1. The number of carbonyl (C=O) groups excluding carboxylic acids is 1. The van der Waals surface area contributed by atoms with Crippen LogP contribution in [0.5, 0.6) is 0 Å². The number of nitro benzene ring substituents is 1. The summed E-state index contributed by atoms with van der Waals surface area (Å²) >= 11 is 0. The number of non-ortho nitro benzene ring substituents is 1. The zero-order valence-corrected chi connectivity index (χ0v) is 12.6. The molecule has 0 spiro atoms. The molecule has 0 aliphatic rings. The molecule has 23 heavy (non-hydrogen) atoms. The van der Waals surface area contributed by atoms with Gasteiger partial charge in [-0.25, -0.2) is 0 Å². The van der Waals surface area contributed by atoms with Crippen LogP contribution in [0.4, 0.5) is 5.69 Å². The first-order valence-corrected chi connectivity index (χ1v) is 6.68. The summed E-state index contributed by atoms with van der Waals surface area (Å²) in [5.41, 5.74) is 1.39. The number of amides is 1. The van der Waals surface area contributed by atoms with Crippen LogP contribution in [-0.2, 0) is 9.47 Å². The van der Waals surface area contributed by atoms with Gasteiger partial charge in [0.1, 0.15) is 0 Å². The molecule has 0 aliphatic carbocycles. The molecule has 0 saturated heterocycles. The highest BCUT2D eigenvalue weighted by atomic mass is 16.7. The van der Waals surface area contributed by atoms with Crippen molar-refractivity contribution in [1.82, 2.24) is 15.5 Å². The van der Waals surface area contributed by atoms with E-state index in [0.717, 1.165) is 0 Å². The van der Waals surface area contributed by atoms with Gasteiger partial charge in [0, 0.05) is 31.9 Å². The fourth-order valence-corrected chi connectivity index (χ4v) is 1.96. The number of ether oxygens (including phenoxy) is 2. The van der Waals surface area contributed by atoms with Crippen LogP contribution in [0.3, 0.4) is 0 Å². The van der Waals surface area contributed by atoms with Gasteiger partial charge < -0.3 is 14.8 Å². The minimum Gasteiger partial charge on any atom is -0.354 e. The van der Waals surface area contributed by atoms with Crippen LogP contribution in [-0.4, -0.2) is 48.1 Å². The van der Waals surface area contributed by atoms with E-state index in [9.17, 15) is 14.9 Å². The second-order valence-corrected chi connectivity index (χ2v) is 4.57. The Bertz CT molecular complexity index is 679. The number of nitrogens with one attached hydrogen (secondary N) is 2. The highest BCUT2D eigenvalue weighted by Crippen LogP contribution is 2.23. The minimum absolute atomic E-state index is 0.0257. The first-order chi connectivity index (χ1) is 11.1. The molecule has 0 radical (unpaired) electrons. The second-order valence-electron chi connectivity index (χ2n) is 4.57. The summed E-state index contributed by atoms with van der Waals surface area (Å²) in [6.45, 7) is 0.177. The Morgan fingerprint density at radius 2 is 2.00 bits per heavy atom. The van der Waals surface area contributed by atoms with Gasteiger partial charge in [-0.15, -0.1) is 0 Å². The average Bonchev–Trinajstić information content (AvgIpc) is 3.05. The van der Waals surface area contributed by atoms with E-state index in [1.165, 1.54) is 32.5 Å². The summed E-state index contributed by atoms with van der Waals surface area (Å²) in [4.78, 5) is 22.4. The normalized spacial score (nSPS) is 10.7. The number of hydrogen-bond donors (Lipinski definition) is 2. The number of aromatic amines is 1. The molecule has 1 aromatic heterocycles. The second kappa shape index (κ2) is 7.47. The van der Waals surface area contributed by atoms with E-state index in [2.05, 4.69) is 15.5 Å². The van der Waals surface area contributed by atoms with Gasteiger partial charge in [0.2, 0.25) is 0 Å². The quantitative estimate of drug-likeness (QED) is 0.451. The standard InChI is InChI=1S/C14H16N4O5/c1-22-12(23-2)8-15-14(19)11-7-16-17-13(11)9-3-5-10(6-4-9)18(20)21/h3-7,12H,8H2,1-2H3,(H,15,19)(H,16,17). The van der Waals surface area contributed by atoms with E-state index in [1.807, 2.05) is 0 Å². The van der Waals surface area contributed by atoms with Gasteiger partial charge in [-0.3, -0.25) is 20.0 Å². The fourth-order valence-electron chi connectivity index (χ4n) is 1.96. The van der Waals surface area contributed by atoms with Gasteiger partial charge >= 0.3 is 0 Å². The highest BCUT2D eigenvalue weighted by Gasteiger charge is 2.17. The van der Waals surface area contributed by atoms with Crippen molar-refractivity contribution < 1.29 is 19.2 Å². The summed E-state index contributed by atoms with van der Waals surface area (Å²) in [5.74, 6) is -0.355. The van der Waals surface area contributed by atoms with Gasteiger partial charge in [0.15, 0.2) is 6.29 Å². The van der Waals surface area contributed by atoms with Crippen LogP contribution >= 0.6 is 0 Å². The Kier molecular flexibility index (Phi) is 5.39. The summed E-state index contributed by atoms with van der Waals surface area (Å²) < 4.78 is 9.99. The zero-order valence-electron chi connectivity index (χ0n) is 12.6. The molecule has 2 aromatic rings. The van der Waals surface area contributed by atoms with Gasteiger partial charge in [-0.2, -0.15) is 5.10 Å². The van der Waals surface area contributed by atoms with E-state index < -0.39 is 11.2 Å². The molecule has 0 fully saturated rings. The lowest BCUT2D eigenvalue weighted by atomic mass is 10.1. The molecule has 0 saturated carbocycles.